The second-order valence-corrected chi connectivity index (χ2v) is 12.5. The summed E-state index contributed by atoms with van der Waals surface area (Å²) < 4.78 is 45.4. The van der Waals surface area contributed by atoms with Crippen molar-refractivity contribution in [2.75, 3.05) is 17.7 Å². The van der Waals surface area contributed by atoms with Crippen LogP contribution in [0, 0.1) is 5.92 Å². The van der Waals surface area contributed by atoms with Gasteiger partial charge in [0, 0.05) is 6.07 Å². The summed E-state index contributed by atoms with van der Waals surface area (Å²) >= 11 is 1.24. The lowest BCUT2D eigenvalue weighted by atomic mass is 9.82. The van der Waals surface area contributed by atoms with E-state index in [-0.39, 0.29) is 27.4 Å². The SMILES string of the molecule is COc1ccc2nc(NC(=O)C(CC3CC=C(F)CC3)c3ccc4c(c3)Nc3ccccc3S4(=O)=O)sc2n1. The van der Waals surface area contributed by atoms with Gasteiger partial charge in [0.15, 0.2) is 5.13 Å². The summed E-state index contributed by atoms with van der Waals surface area (Å²) in [6, 6.07) is 15.2. The van der Waals surface area contributed by atoms with E-state index >= 15 is 0 Å². The minimum absolute atomic E-state index is 0.106. The van der Waals surface area contributed by atoms with Crippen molar-refractivity contribution in [3.05, 3.63) is 72.1 Å². The third-order valence-corrected chi connectivity index (χ3v) is 9.91. The third kappa shape index (κ3) is 4.87. The molecule has 0 radical (unpaired) electrons. The number of methoxy groups -OCH3 is 1. The number of hydrogen-bond acceptors (Lipinski definition) is 8. The Balaban J connectivity index is 1.34. The van der Waals surface area contributed by atoms with Crippen molar-refractivity contribution in [2.24, 2.45) is 5.92 Å². The molecule has 1 amide bonds. The maximum Gasteiger partial charge on any atom is 0.233 e. The topological polar surface area (TPSA) is 110 Å². The maximum absolute atomic E-state index is 13.7. The number of allylic oxidation sites excluding steroid dienone is 2. The lowest BCUT2D eigenvalue weighted by molar-refractivity contribution is -0.118. The molecule has 2 aromatic carbocycles. The van der Waals surface area contributed by atoms with E-state index in [1.165, 1.54) is 18.4 Å². The Labute approximate surface area is 228 Å². The quantitative estimate of drug-likeness (QED) is 0.247. The van der Waals surface area contributed by atoms with Gasteiger partial charge in [-0.1, -0.05) is 35.6 Å². The molecule has 1 aliphatic heterocycles. The number of nitrogens with one attached hydrogen (secondary N) is 2. The zero-order valence-electron chi connectivity index (χ0n) is 21.0. The minimum atomic E-state index is -3.70. The minimum Gasteiger partial charge on any atom is -0.481 e. The van der Waals surface area contributed by atoms with Crippen LogP contribution in [0.4, 0.5) is 20.9 Å². The summed E-state index contributed by atoms with van der Waals surface area (Å²) in [5.74, 6) is -0.430. The monoisotopic (exact) mass is 564 g/mol. The number of para-hydroxylation sites is 1. The first-order valence-electron chi connectivity index (χ1n) is 12.5. The Morgan fingerprint density at radius 3 is 2.77 bits per heavy atom. The Morgan fingerprint density at radius 1 is 1.15 bits per heavy atom. The normalized spacial score (nSPS) is 18.3. The Kier molecular flexibility index (Phi) is 6.56. The average Bonchev–Trinajstić information content (AvgIpc) is 3.33. The highest BCUT2D eigenvalue weighted by molar-refractivity contribution is 7.92. The summed E-state index contributed by atoms with van der Waals surface area (Å²) in [5, 5.41) is 6.56. The number of benzene rings is 2. The summed E-state index contributed by atoms with van der Waals surface area (Å²) in [7, 11) is -2.17. The first kappa shape index (κ1) is 25.4. The molecule has 0 fully saturated rings. The van der Waals surface area contributed by atoms with Gasteiger partial charge in [-0.25, -0.2) is 22.8 Å². The van der Waals surface area contributed by atoms with E-state index in [9.17, 15) is 17.6 Å². The smallest absolute Gasteiger partial charge is 0.233 e. The number of nitrogens with zero attached hydrogens (tertiary/aromatic N) is 2. The van der Waals surface area contributed by atoms with Gasteiger partial charge in [0.05, 0.1) is 40.0 Å². The molecule has 0 saturated heterocycles. The molecule has 11 heteroatoms. The van der Waals surface area contributed by atoms with Crippen LogP contribution >= 0.6 is 11.3 Å². The predicted octanol–water partition coefficient (Wildman–Crippen LogP) is 6.36. The fourth-order valence-corrected chi connectivity index (χ4v) is 7.50. The molecule has 39 heavy (non-hydrogen) atoms. The van der Waals surface area contributed by atoms with Gasteiger partial charge in [0.25, 0.3) is 0 Å². The molecular formula is C28H25FN4O4S2. The molecule has 0 spiro atoms. The van der Waals surface area contributed by atoms with Crippen molar-refractivity contribution in [1.82, 2.24) is 9.97 Å². The zero-order valence-corrected chi connectivity index (χ0v) is 22.6. The number of pyridine rings is 1. The first-order valence-corrected chi connectivity index (χ1v) is 14.8. The van der Waals surface area contributed by atoms with Gasteiger partial charge >= 0.3 is 0 Å². The van der Waals surface area contributed by atoms with Gasteiger partial charge < -0.3 is 15.4 Å². The number of ether oxygens (including phenoxy) is 1. The molecule has 3 heterocycles. The number of carbonyl (C=O) groups is 1. The molecule has 2 aliphatic rings. The molecule has 2 unspecified atom stereocenters. The van der Waals surface area contributed by atoms with Crippen LogP contribution in [0.5, 0.6) is 5.88 Å². The standard InChI is InChI=1S/C28H25FN4O4S2/c1-37-25-13-11-21-27(32-25)38-28(31-21)33-26(34)19(14-16-6-9-18(29)10-7-16)17-8-12-24-22(15-17)30-20-4-2-3-5-23(20)39(24,35)36/h2-5,8-9,11-13,15-16,19,30H,6-7,10,14H2,1H3,(H,31,33,34). The number of sulfone groups is 1. The van der Waals surface area contributed by atoms with E-state index < -0.39 is 15.8 Å². The molecule has 0 bridgehead atoms. The number of thiazole rings is 1. The molecular weight excluding hydrogens is 539 g/mol. The van der Waals surface area contributed by atoms with Gasteiger partial charge in [-0.05, 0) is 67.5 Å². The Hall–Kier alpha value is -3.83. The van der Waals surface area contributed by atoms with Crippen molar-refractivity contribution in [3.8, 4) is 5.88 Å². The van der Waals surface area contributed by atoms with Crippen molar-refractivity contribution < 1.29 is 22.3 Å². The fourth-order valence-electron chi connectivity index (χ4n) is 5.12. The number of aromatic nitrogens is 2. The van der Waals surface area contributed by atoms with E-state index in [1.54, 1.807) is 60.7 Å². The van der Waals surface area contributed by atoms with E-state index in [1.807, 2.05) is 0 Å². The largest absolute Gasteiger partial charge is 0.481 e. The van der Waals surface area contributed by atoms with Crippen LogP contribution in [-0.2, 0) is 14.6 Å². The molecule has 200 valence electrons. The molecule has 8 nitrogen and oxygen atoms in total. The second kappa shape index (κ2) is 10.0. The lowest BCUT2D eigenvalue weighted by Gasteiger charge is -2.26. The summed E-state index contributed by atoms with van der Waals surface area (Å²) in [5.41, 5.74) is 2.23. The molecule has 4 aromatic rings. The van der Waals surface area contributed by atoms with Crippen molar-refractivity contribution in [2.45, 2.75) is 41.4 Å². The highest BCUT2D eigenvalue weighted by Gasteiger charge is 2.32. The van der Waals surface area contributed by atoms with Gasteiger partial charge in [-0.2, -0.15) is 0 Å². The number of halogens is 1. The van der Waals surface area contributed by atoms with Gasteiger partial charge in [0.2, 0.25) is 21.6 Å². The third-order valence-electron chi connectivity index (χ3n) is 7.16. The van der Waals surface area contributed by atoms with Crippen LogP contribution in [-0.4, -0.2) is 31.4 Å². The van der Waals surface area contributed by atoms with E-state index in [0.29, 0.717) is 64.0 Å². The number of fused-ring (bicyclic) bond motifs is 3. The summed E-state index contributed by atoms with van der Waals surface area (Å²) in [6.45, 7) is 0. The summed E-state index contributed by atoms with van der Waals surface area (Å²) in [6.07, 6.45) is 3.61. The van der Waals surface area contributed by atoms with Crippen LogP contribution < -0.4 is 15.4 Å². The molecule has 2 atom stereocenters. The summed E-state index contributed by atoms with van der Waals surface area (Å²) in [4.78, 5) is 23.6. The highest BCUT2D eigenvalue weighted by Crippen LogP contribution is 2.42. The van der Waals surface area contributed by atoms with Crippen LogP contribution in [0.1, 0.15) is 37.2 Å². The van der Waals surface area contributed by atoms with Gasteiger partial charge in [0.1, 0.15) is 10.3 Å². The number of carbonyl (C=O) groups excluding carboxylic acids is 1. The number of hydrogen-bond donors (Lipinski definition) is 2. The second-order valence-electron chi connectivity index (χ2n) is 9.65. The maximum atomic E-state index is 13.7. The molecule has 2 N–H and O–H groups in total. The number of amides is 1. The van der Waals surface area contributed by atoms with E-state index in [0.717, 1.165) is 0 Å². The highest BCUT2D eigenvalue weighted by atomic mass is 32.2. The number of rotatable bonds is 6. The van der Waals surface area contributed by atoms with Gasteiger partial charge in [-0.3, -0.25) is 4.79 Å². The molecule has 2 aromatic heterocycles. The Bertz CT molecular complexity index is 1730. The van der Waals surface area contributed by atoms with E-state index in [4.69, 9.17) is 4.74 Å². The first-order chi connectivity index (χ1) is 18.8. The molecule has 1 aliphatic carbocycles. The molecule has 6 rings (SSSR count). The van der Waals surface area contributed by atoms with E-state index in [2.05, 4.69) is 20.6 Å². The van der Waals surface area contributed by atoms with Crippen LogP contribution in [0.3, 0.4) is 0 Å². The Morgan fingerprint density at radius 2 is 1.97 bits per heavy atom. The molecule has 0 saturated carbocycles. The van der Waals surface area contributed by atoms with Crippen molar-refractivity contribution in [3.63, 3.8) is 0 Å². The average molecular weight is 565 g/mol. The van der Waals surface area contributed by atoms with Crippen molar-refractivity contribution in [1.29, 1.82) is 0 Å². The predicted molar refractivity (Wildman–Crippen MR) is 148 cm³/mol. The lowest BCUT2D eigenvalue weighted by Crippen LogP contribution is -2.24. The van der Waals surface area contributed by atoms with Crippen molar-refractivity contribution >= 4 is 53.9 Å². The zero-order chi connectivity index (χ0) is 27.1. The van der Waals surface area contributed by atoms with Crippen LogP contribution in [0.25, 0.3) is 10.3 Å². The van der Waals surface area contributed by atoms with Gasteiger partial charge in [-0.15, -0.1) is 0 Å². The number of anilines is 3. The van der Waals surface area contributed by atoms with Crippen LogP contribution in [0.15, 0.2) is 76.3 Å². The fraction of sp³-hybridized carbons (Fsp3) is 0.250. The van der Waals surface area contributed by atoms with Crippen LogP contribution in [0.2, 0.25) is 0 Å².